The SMILES string of the molecule is O=c1ccc2cc(CN(CCCl)CCCl)ccc2o1. The number of fused-ring (bicyclic) bond motifs is 1. The van der Waals surface area contributed by atoms with Crippen LogP contribution in [0, 0.1) is 0 Å². The van der Waals surface area contributed by atoms with Crippen molar-refractivity contribution >= 4 is 34.2 Å². The summed E-state index contributed by atoms with van der Waals surface area (Å²) in [6, 6.07) is 9.01. The largest absolute Gasteiger partial charge is 0.423 e. The molecule has 0 bridgehead atoms. The number of benzene rings is 1. The summed E-state index contributed by atoms with van der Waals surface area (Å²) in [6.45, 7) is 2.39. The molecule has 2 aromatic rings. The van der Waals surface area contributed by atoms with Crippen molar-refractivity contribution in [2.75, 3.05) is 24.8 Å². The van der Waals surface area contributed by atoms with Crippen LogP contribution in [0.3, 0.4) is 0 Å². The van der Waals surface area contributed by atoms with Crippen LogP contribution in [0.25, 0.3) is 11.0 Å². The van der Waals surface area contributed by atoms with Gasteiger partial charge in [-0.25, -0.2) is 4.79 Å². The highest BCUT2D eigenvalue weighted by Crippen LogP contribution is 2.15. The molecule has 0 saturated carbocycles. The molecule has 0 N–H and O–H groups in total. The Morgan fingerprint density at radius 2 is 1.79 bits per heavy atom. The molecule has 0 spiro atoms. The summed E-state index contributed by atoms with van der Waals surface area (Å²) in [6.07, 6.45) is 0. The quantitative estimate of drug-likeness (QED) is 0.607. The summed E-state index contributed by atoms with van der Waals surface area (Å²) < 4.78 is 5.11. The molecule has 0 radical (unpaired) electrons. The molecule has 1 aromatic heterocycles. The lowest BCUT2D eigenvalue weighted by Gasteiger charge is -2.20. The zero-order chi connectivity index (χ0) is 13.7. The standard InChI is InChI=1S/C14H15Cl2NO2/c15-5-7-17(8-6-16)10-11-1-3-13-12(9-11)2-4-14(18)19-13/h1-4,9H,5-8,10H2. The van der Waals surface area contributed by atoms with Gasteiger partial charge >= 0.3 is 5.63 Å². The molecule has 0 unspecified atom stereocenters. The molecule has 0 aliphatic carbocycles. The first-order valence-corrected chi connectivity index (χ1v) is 7.17. The lowest BCUT2D eigenvalue weighted by molar-refractivity contribution is 0.299. The molecule has 102 valence electrons. The Morgan fingerprint density at radius 1 is 1.05 bits per heavy atom. The van der Waals surface area contributed by atoms with Gasteiger partial charge in [0.15, 0.2) is 0 Å². The summed E-state index contributed by atoms with van der Waals surface area (Å²) in [5.74, 6) is 1.17. The van der Waals surface area contributed by atoms with Crippen molar-refractivity contribution in [3.8, 4) is 0 Å². The van der Waals surface area contributed by atoms with E-state index in [-0.39, 0.29) is 5.63 Å². The Hall–Kier alpha value is -1.03. The fourth-order valence-corrected chi connectivity index (χ4v) is 2.46. The van der Waals surface area contributed by atoms with Crippen LogP contribution in [0.2, 0.25) is 0 Å². The summed E-state index contributed by atoms with van der Waals surface area (Å²) in [5.41, 5.74) is 1.43. The molecular formula is C14H15Cl2NO2. The fraction of sp³-hybridized carbons (Fsp3) is 0.357. The molecule has 0 fully saturated rings. The monoisotopic (exact) mass is 299 g/mol. The van der Waals surface area contributed by atoms with E-state index in [9.17, 15) is 4.79 Å². The molecule has 0 aliphatic heterocycles. The Bertz CT molecular complexity index is 591. The average molecular weight is 300 g/mol. The van der Waals surface area contributed by atoms with Crippen molar-refractivity contribution in [1.29, 1.82) is 0 Å². The van der Waals surface area contributed by atoms with E-state index in [0.29, 0.717) is 17.3 Å². The number of hydrogen-bond acceptors (Lipinski definition) is 3. The second kappa shape index (κ2) is 6.94. The highest BCUT2D eigenvalue weighted by atomic mass is 35.5. The van der Waals surface area contributed by atoms with E-state index in [1.807, 2.05) is 18.2 Å². The summed E-state index contributed by atoms with van der Waals surface area (Å²) in [4.78, 5) is 13.3. The van der Waals surface area contributed by atoms with Crippen LogP contribution in [-0.2, 0) is 6.54 Å². The summed E-state index contributed by atoms with van der Waals surface area (Å²) in [5, 5.41) is 0.925. The van der Waals surface area contributed by atoms with Gasteiger partial charge < -0.3 is 4.42 Å². The molecule has 0 atom stereocenters. The van der Waals surface area contributed by atoms with Gasteiger partial charge in [0, 0.05) is 42.8 Å². The van der Waals surface area contributed by atoms with Crippen LogP contribution in [0.1, 0.15) is 5.56 Å². The van der Waals surface area contributed by atoms with Crippen LogP contribution in [-0.4, -0.2) is 29.7 Å². The predicted octanol–water partition coefficient (Wildman–Crippen LogP) is 3.07. The molecule has 19 heavy (non-hydrogen) atoms. The molecule has 0 aliphatic rings. The van der Waals surface area contributed by atoms with Crippen molar-refractivity contribution < 1.29 is 4.42 Å². The van der Waals surface area contributed by atoms with E-state index in [0.717, 1.165) is 30.6 Å². The van der Waals surface area contributed by atoms with Crippen molar-refractivity contribution in [3.05, 3.63) is 46.3 Å². The smallest absolute Gasteiger partial charge is 0.336 e. The van der Waals surface area contributed by atoms with Crippen LogP contribution in [0.15, 0.2) is 39.5 Å². The molecule has 5 heteroatoms. The molecule has 3 nitrogen and oxygen atoms in total. The Morgan fingerprint density at radius 3 is 2.47 bits per heavy atom. The van der Waals surface area contributed by atoms with Crippen molar-refractivity contribution in [3.63, 3.8) is 0 Å². The zero-order valence-electron chi connectivity index (χ0n) is 10.4. The minimum absolute atomic E-state index is 0.328. The number of alkyl halides is 2. The molecular weight excluding hydrogens is 285 g/mol. The van der Waals surface area contributed by atoms with Gasteiger partial charge in [-0.05, 0) is 23.8 Å². The van der Waals surface area contributed by atoms with Gasteiger partial charge in [-0.15, -0.1) is 23.2 Å². The molecule has 0 amide bonds. The van der Waals surface area contributed by atoms with Crippen LogP contribution >= 0.6 is 23.2 Å². The Kier molecular flexibility index (Phi) is 5.25. The van der Waals surface area contributed by atoms with Gasteiger partial charge in [0.05, 0.1) is 0 Å². The predicted molar refractivity (Wildman–Crippen MR) is 79.2 cm³/mol. The van der Waals surface area contributed by atoms with E-state index in [4.69, 9.17) is 27.6 Å². The second-order valence-electron chi connectivity index (χ2n) is 4.28. The van der Waals surface area contributed by atoms with Crippen molar-refractivity contribution in [1.82, 2.24) is 4.90 Å². The summed E-state index contributed by atoms with van der Waals surface area (Å²) in [7, 11) is 0. The maximum atomic E-state index is 11.1. The van der Waals surface area contributed by atoms with E-state index in [2.05, 4.69) is 4.90 Å². The zero-order valence-corrected chi connectivity index (χ0v) is 12.0. The number of halogens is 2. The average Bonchev–Trinajstić information content (AvgIpc) is 2.39. The Labute approximate surface area is 121 Å². The van der Waals surface area contributed by atoms with Crippen molar-refractivity contribution in [2.45, 2.75) is 6.54 Å². The van der Waals surface area contributed by atoms with E-state index >= 15 is 0 Å². The van der Waals surface area contributed by atoms with Gasteiger partial charge in [0.25, 0.3) is 0 Å². The molecule has 2 rings (SSSR count). The maximum Gasteiger partial charge on any atom is 0.336 e. The van der Waals surface area contributed by atoms with Crippen molar-refractivity contribution in [2.24, 2.45) is 0 Å². The van der Waals surface area contributed by atoms with Gasteiger partial charge in [-0.2, -0.15) is 0 Å². The van der Waals surface area contributed by atoms with Gasteiger partial charge in [0.1, 0.15) is 5.58 Å². The van der Waals surface area contributed by atoms with Gasteiger partial charge in [-0.3, -0.25) is 4.90 Å². The molecule has 0 saturated heterocycles. The highest BCUT2D eigenvalue weighted by molar-refractivity contribution is 6.18. The minimum atomic E-state index is -0.328. The lowest BCUT2D eigenvalue weighted by atomic mass is 10.1. The Balaban J connectivity index is 2.20. The van der Waals surface area contributed by atoms with E-state index in [1.165, 1.54) is 6.07 Å². The van der Waals surface area contributed by atoms with Gasteiger partial charge in [-0.1, -0.05) is 6.07 Å². The third kappa shape index (κ3) is 3.96. The number of rotatable bonds is 6. The van der Waals surface area contributed by atoms with E-state index < -0.39 is 0 Å². The minimum Gasteiger partial charge on any atom is -0.423 e. The van der Waals surface area contributed by atoms with Gasteiger partial charge in [0.2, 0.25) is 0 Å². The van der Waals surface area contributed by atoms with Crippen LogP contribution in [0.4, 0.5) is 0 Å². The third-order valence-corrected chi connectivity index (χ3v) is 3.23. The topological polar surface area (TPSA) is 33.5 Å². The maximum absolute atomic E-state index is 11.1. The fourth-order valence-electron chi connectivity index (χ4n) is 1.99. The number of hydrogen-bond donors (Lipinski definition) is 0. The first-order chi connectivity index (χ1) is 9.22. The normalized spacial score (nSPS) is 11.3. The first-order valence-electron chi connectivity index (χ1n) is 6.10. The molecule has 1 heterocycles. The third-order valence-electron chi connectivity index (χ3n) is 2.89. The highest BCUT2D eigenvalue weighted by Gasteiger charge is 2.06. The van der Waals surface area contributed by atoms with E-state index in [1.54, 1.807) is 6.07 Å². The van der Waals surface area contributed by atoms with Crippen LogP contribution < -0.4 is 5.63 Å². The summed E-state index contributed by atoms with van der Waals surface area (Å²) >= 11 is 11.6. The lowest BCUT2D eigenvalue weighted by Crippen LogP contribution is -2.27. The van der Waals surface area contributed by atoms with Crippen LogP contribution in [0.5, 0.6) is 0 Å². The first kappa shape index (κ1) is 14.4. The molecule has 1 aromatic carbocycles. The number of nitrogens with zero attached hydrogens (tertiary/aromatic N) is 1. The second-order valence-corrected chi connectivity index (χ2v) is 5.04.